The fourth-order valence-electron chi connectivity index (χ4n) is 2.84. The molecule has 0 fully saturated rings. The number of halogens is 2. The first-order valence-electron chi connectivity index (χ1n) is 8.35. The highest BCUT2D eigenvalue weighted by Gasteiger charge is 2.17. The van der Waals surface area contributed by atoms with E-state index in [0.29, 0.717) is 21.2 Å². The van der Waals surface area contributed by atoms with Crippen LogP contribution in [0, 0.1) is 6.92 Å². The zero-order chi connectivity index (χ0) is 19.7. The SMILES string of the molecule is Cc1cnc2c(NC(=O)c3c(Cl)cccc3Cl)cccc2c1Sc1ncc[nH]1. The lowest BCUT2D eigenvalue weighted by Crippen LogP contribution is -2.13. The molecule has 0 bridgehead atoms. The summed E-state index contributed by atoms with van der Waals surface area (Å²) in [6.45, 7) is 1.99. The van der Waals surface area contributed by atoms with Gasteiger partial charge in [0, 0.05) is 28.9 Å². The number of amides is 1. The lowest BCUT2D eigenvalue weighted by Gasteiger charge is -2.13. The molecule has 0 unspecified atom stereocenters. The van der Waals surface area contributed by atoms with E-state index in [9.17, 15) is 4.79 Å². The van der Waals surface area contributed by atoms with E-state index in [0.717, 1.165) is 21.0 Å². The molecule has 5 nitrogen and oxygen atoms in total. The van der Waals surface area contributed by atoms with E-state index in [1.54, 1.807) is 42.9 Å². The number of pyridine rings is 1. The number of nitrogens with one attached hydrogen (secondary N) is 2. The van der Waals surface area contributed by atoms with Gasteiger partial charge in [-0.05, 0) is 30.7 Å². The Balaban J connectivity index is 1.75. The molecule has 4 rings (SSSR count). The van der Waals surface area contributed by atoms with Gasteiger partial charge in [-0.3, -0.25) is 9.78 Å². The molecule has 2 aromatic carbocycles. The van der Waals surface area contributed by atoms with Gasteiger partial charge in [0.05, 0.1) is 26.8 Å². The Morgan fingerprint density at radius 1 is 1.11 bits per heavy atom. The molecule has 0 aliphatic heterocycles. The van der Waals surface area contributed by atoms with Crippen LogP contribution in [0.25, 0.3) is 10.9 Å². The molecule has 0 atom stereocenters. The first kappa shape index (κ1) is 18.8. The van der Waals surface area contributed by atoms with Crippen molar-refractivity contribution in [3.05, 3.63) is 76.2 Å². The van der Waals surface area contributed by atoms with Gasteiger partial charge < -0.3 is 10.3 Å². The van der Waals surface area contributed by atoms with Gasteiger partial charge in [0.25, 0.3) is 5.91 Å². The Hall–Kier alpha value is -2.54. The van der Waals surface area contributed by atoms with Crippen molar-refractivity contribution < 1.29 is 4.79 Å². The molecule has 0 saturated carbocycles. The number of rotatable bonds is 4. The number of nitrogens with zero attached hydrogens (tertiary/aromatic N) is 2. The summed E-state index contributed by atoms with van der Waals surface area (Å²) in [4.78, 5) is 25.7. The van der Waals surface area contributed by atoms with Crippen molar-refractivity contribution in [1.29, 1.82) is 0 Å². The number of para-hydroxylation sites is 1. The summed E-state index contributed by atoms with van der Waals surface area (Å²) < 4.78 is 0. The lowest BCUT2D eigenvalue weighted by atomic mass is 10.1. The second-order valence-corrected chi connectivity index (χ2v) is 7.83. The molecule has 2 N–H and O–H groups in total. The quantitative estimate of drug-likeness (QED) is 0.419. The minimum atomic E-state index is -0.384. The Bertz CT molecular complexity index is 1160. The number of hydrogen-bond donors (Lipinski definition) is 2. The highest BCUT2D eigenvalue weighted by molar-refractivity contribution is 7.99. The smallest absolute Gasteiger partial charge is 0.258 e. The van der Waals surface area contributed by atoms with Gasteiger partial charge in [-0.15, -0.1) is 0 Å². The molecule has 28 heavy (non-hydrogen) atoms. The van der Waals surface area contributed by atoms with E-state index in [1.165, 1.54) is 11.8 Å². The molecule has 0 saturated heterocycles. The number of imidazole rings is 1. The van der Waals surface area contributed by atoms with Crippen molar-refractivity contribution in [2.75, 3.05) is 5.32 Å². The minimum absolute atomic E-state index is 0.236. The zero-order valence-electron chi connectivity index (χ0n) is 14.7. The Morgan fingerprint density at radius 3 is 2.57 bits per heavy atom. The number of aryl methyl sites for hydroxylation is 1. The standard InChI is InChI=1S/C20H14Cl2N4OS/c1-11-10-25-17-12(18(11)28-20-23-8-9-24-20)4-2-7-15(17)26-19(27)16-13(21)5-3-6-14(16)22/h2-10H,1H3,(H,23,24)(H,26,27). The third kappa shape index (κ3) is 3.58. The van der Waals surface area contributed by atoms with Gasteiger partial charge in [-0.2, -0.15) is 0 Å². The maximum Gasteiger partial charge on any atom is 0.258 e. The molecule has 2 aromatic heterocycles. The van der Waals surface area contributed by atoms with Crippen LogP contribution in [-0.4, -0.2) is 20.9 Å². The fraction of sp³-hybridized carbons (Fsp3) is 0.0500. The molecule has 0 radical (unpaired) electrons. The predicted octanol–water partition coefficient (Wildman–Crippen LogP) is 5.98. The summed E-state index contributed by atoms with van der Waals surface area (Å²) in [5.41, 5.74) is 2.52. The predicted molar refractivity (Wildman–Crippen MR) is 114 cm³/mol. The maximum absolute atomic E-state index is 12.8. The van der Waals surface area contributed by atoms with Crippen LogP contribution in [-0.2, 0) is 0 Å². The van der Waals surface area contributed by atoms with Gasteiger partial charge in [0.2, 0.25) is 0 Å². The van der Waals surface area contributed by atoms with Crippen LogP contribution >= 0.6 is 35.0 Å². The number of hydrogen-bond acceptors (Lipinski definition) is 4. The monoisotopic (exact) mass is 428 g/mol. The first-order chi connectivity index (χ1) is 13.5. The minimum Gasteiger partial charge on any atom is -0.339 e. The summed E-state index contributed by atoms with van der Waals surface area (Å²) >= 11 is 13.8. The van der Waals surface area contributed by atoms with Crippen molar-refractivity contribution in [3.8, 4) is 0 Å². The largest absolute Gasteiger partial charge is 0.339 e. The summed E-state index contributed by atoms with van der Waals surface area (Å²) in [5.74, 6) is -0.384. The summed E-state index contributed by atoms with van der Waals surface area (Å²) in [6.07, 6.45) is 5.27. The number of H-pyrrole nitrogens is 1. The van der Waals surface area contributed by atoms with Gasteiger partial charge in [-0.1, -0.05) is 53.2 Å². The van der Waals surface area contributed by atoms with Crippen molar-refractivity contribution in [2.24, 2.45) is 0 Å². The summed E-state index contributed by atoms with van der Waals surface area (Å²) in [5, 5.41) is 5.18. The number of anilines is 1. The van der Waals surface area contributed by atoms with Crippen LogP contribution in [0.5, 0.6) is 0 Å². The second kappa shape index (κ2) is 7.83. The number of carbonyl (C=O) groups is 1. The van der Waals surface area contributed by atoms with Crippen LogP contribution in [0.3, 0.4) is 0 Å². The molecule has 0 aliphatic carbocycles. The molecular weight excluding hydrogens is 415 g/mol. The number of fused-ring (bicyclic) bond motifs is 1. The lowest BCUT2D eigenvalue weighted by molar-refractivity contribution is 0.102. The van der Waals surface area contributed by atoms with Gasteiger partial charge in [0.1, 0.15) is 0 Å². The van der Waals surface area contributed by atoms with E-state index >= 15 is 0 Å². The molecule has 1 amide bonds. The van der Waals surface area contributed by atoms with Crippen molar-refractivity contribution in [1.82, 2.24) is 15.0 Å². The zero-order valence-corrected chi connectivity index (χ0v) is 17.0. The number of aromatic nitrogens is 3. The molecule has 0 aliphatic rings. The highest BCUT2D eigenvalue weighted by atomic mass is 35.5. The normalized spacial score (nSPS) is 11.0. The van der Waals surface area contributed by atoms with Gasteiger partial charge in [-0.25, -0.2) is 4.98 Å². The van der Waals surface area contributed by atoms with Crippen LogP contribution < -0.4 is 5.32 Å². The molecule has 4 aromatic rings. The molecule has 8 heteroatoms. The van der Waals surface area contributed by atoms with Crippen molar-refractivity contribution in [3.63, 3.8) is 0 Å². The average molecular weight is 429 g/mol. The number of carbonyl (C=O) groups excluding carboxylic acids is 1. The fourth-order valence-corrected chi connectivity index (χ4v) is 4.33. The van der Waals surface area contributed by atoms with Crippen LogP contribution in [0.2, 0.25) is 10.0 Å². The first-order valence-corrected chi connectivity index (χ1v) is 9.93. The Morgan fingerprint density at radius 2 is 1.86 bits per heavy atom. The number of benzene rings is 2. The molecule has 0 spiro atoms. The second-order valence-electron chi connectivity index (χ2n) is 6.02. The van der Waals surface area contributed by atoms with E-state index in [1.807, 2.05) is 19.1 Å². The summed E-state index contributed by atoms with van der Waals surface area (Å²) in [7, 11) is 0. The van der Waals surface area contributed by atoms with Crippen molar-refractivity contribution >= 4 is 57.5 Å². The van der Waals surface area contributed by atoms with Crippen LogP contribution in [0.4, 0.5) is 5.69 Å². The van der Waals surface area contributed by atoms with Crippen LogP contribution in [0.15, 0.2) is 65.0 Å². The summed E-state index contributed by atoms with van der Waals surface area (Å²) in [6, 6.07) is 10.6. The highest BCUT2D eigenvalue weighted by Crippen LogP contribution is 2.36. The van der Waals surface area contributed by atoms with Gasteiger partial charge in [0.15, 0.2) is 5.16 Å². The molecule has 2 heterocycles. The van der Waals surface area contributed by atoms with Crippen molar-refractivity contribution in [2.45, 2.75) is 17.0 Å². The Labute approximate surface area is 175 Å². The number of aromatic amines is 1. The Kier molecular flexibility index (Phi) is 5.26. The molecule has 140 valence electrons. The third-order valence-corrected chi connectivity index (χ3v) is 5.93. The van der Waals surface area contributed by atoms with E-state index in [2.05, 4.69) is 20.3 Å². The molecular formula is C20H14Cl2N4OS. The van der Waals surface area contributed by atoms with E-state index in [-0.39, 0.29) is 11.5 Å². The third-order valence-electron chi connectivity index (χ3n) is 4.14. The van der Waals surface area contributed by atoms with E-state index < -0.39 is 0 Å². The van der Waals surface area contributed by atoms with Gasteiger partial charge >= 0.3 is 0 Å². The maximum atomic E-state index is 12.8. The van der Waals surface area contributed by atoms with Crippen LogP contribution in [0.1, 0.15) is 15.9 Å². The average Bonchev–Trinajstić information content (AvgIpc) is 3.17. The topological polar surface area (TPSA) is 70.7 Å². The van der Waals surface area contributed by atoms with E-state index in [4.69, 9.17) is 23.2 Å².